The number of carbonyl (C=O) groups excluding carboxylic acids is 2. The van der Waals surface area contributed by atoms with Gasteiger partial charge in [0, 0.05) is 31.8 Å². The topological polar surface area (TPSA) is 139 Å². The van der Waals surface area contributed by atoms with Crippen LogP contribution in [-0.2, 0) is 9.53 Å². The van der Waals surface area contributed by atoms with E-state index in [-0.39, 0.29) is 29.9 Å². The van der Waals surface area contributed by atoms with Crippen LogP contribution in [0.25, 0.3) is 0 Å². The van der Waals surface area contributed by atoms with Gasteiger partial charge in [-0.1, -0.05) is 0 Å². The molecule has 27 heavy (non-hydrogen) atoms. The summed E-state index contributed by atoms with van der Waals surface area (Å²) in [5.41, 5.74) is -1.65. The highest BCUT2D eigenvalue weighted by Gasteiger charge is 2.35. The Morgan fingerprint density at radius 2 is 1.96 bits per heavy atom. The normalized spacial score (nSPS) is 17.3. The molecule has 1 saturated heterocycles. The largest absolute Gasteiger partial charge is 0.480 e. The van der Waals surface area contributed by atoms with E-state index >= 15 is 0 Å². The molecule has 146 valence electrons. The maximum absolute atomic E-state index is 12.9. The molecule has 2 rings (SSSR count). The van der Waals surface area contributed by atoms with Gasteiger partial charge < -0.3 is 20.1 Å². The van der Waals surface area contributed by atoms with Gasteiger partial charge in [-0.3, -0.25) is 14.9 Å². The zero-order chi connectivity index (χ0) is 20.4. The summed E-state index contributed by atoms with van der Waals surface area (Å²) < 4.78 is 5.25. The molecule has 10 heteroatoms. The van der Waals surface area contributed by atoms with Crippen molar-refractivity contribution < 1.29 is 29.2 Å². The number of hydrogen-bond donors (Lipinski definition) is 2. The second-order valence-corrected chi connectivity index (χ2v) is 7.05. The molecule has 1 amide bonds. The second kappa shape index (κ2) is 7.70. The summed E-state index contributed by atoms with van der Waals surface area (Å²) in [4.78, 5) is 48.4. The number of non-ortho nitro benzene ring substituents is 1. The van der Waals surface area contributed by atoms with E-state index in [2.05, 4.69) is 5.32 Å². The lowest BCUT2D eigenvalue weighted by Gasteiger charge is -2.33. The number of ether oxygens (including phenoxy) is 1. The molecule has 0 aliphatic carbocycles. The van der Waals surface area contributed by atoms with Crippen LogP contribution < -0.4 is 5.32 Å². The van der Waals surface area contributed by atoms with Gasteiger partial charge in [0.1, 0.15) is 11.6 Å². The van der Waals surface area contributed by atoms with Crippen LogP contribution in [0.2, 0.25) is 0 Å². The predicted octanol–water partition coefficient (Wildman–Crippen LogP) is 1.05. The van der Waals surface area contributed by atoms with Gasteiger partial charge >= 0.3 is 11.9 Å². The number of aliphatic carboxylic acids is 1. The van der Waals surface area contributed by atoms with Crippen molar-refractivity contribution in [3.63, 3.8) is 0 Å². The lowest BCUT2D eigenvalue weighted by atomic mass is 10.0. The third-order valence-corrected chi connectivity index (χ3v) is 3.85. The zero-order valence-corrected chi connectivity index (χ0v) is 15.2. The molecule has 1 aromatic carbocycles. The van der Waals surface area contributed by atoms with Crippen LogP contribution in [-0.4, -0.2) is 64.1 Å². The van der Waals surface area contributed by atoms with Crippen molar-refractivity contribution in [3.05, 3.63) is 39.4 Å². The Morgan fingerprint density at radius 1 is 1.30 bits per heavy atom. The molecule has 1 unspecified atom stereocenters. The summed E-state index contributed by atoms with van der Waals surface area (Å²) in [6.45, 7) is 5.46. The van der Waals surface area contributed by atoms with Crippen LogP contribution in [0.3, 0.4) is 0 Å². The smallest absolute Gasteiger partial charge is 0.339 e. The number of carbonyl (C=O) groups is 3. The molecule has 1 aliphatic rings. The molecular weight excluding hydrogens is 358 g/mol. The van der Waals surface area contributed by atoms with E-state index < -0.39 is 34.4 Å². The lowest BCUT2D eigenvalue weighted by molar-refractivity contribution is -0.384. The minimum absolute atomic E-state index is 0.0653. The molecule has 1 atom stereocenters. The van der Waals surface area contributed by atoms with Crippen LogP contribution in [0, 0.1) is 10.1 Å². The van der Waals surface area contributed by atoms with Crippen LogP contribution in [0.15, 0.2) is 18.2 Å². The van der Waals surface area contributed by atoms with E-state index in [1.54, 1.807) is 20.8 Å². The number of nitrogens with one attached hydrogen (secondary N) is 1. The number of amides is 1. The standard InChI is InChI=1S/C17H21N3O7/c1-17(2,3)27-16(24)12-8-10(20(25)26)4-5-11(12)14(21)19-7-6-18-9-13(19)15(22)23/h4-5,8,13,18H,6-7,9H2,1-3H3,(H,22,23). The fraction of sp³-hybridized carbons (Fsp3) is 0.471. The van der Waals surface area contributed by atoms with Crippen LogP contribution in [0.1, 0.15) is 41.5 Å². The Balaban J connectivity index is 2.48. The molecule has 0 radical (unpaired) electrons. The number of nitro benzene ring substituents is 1. The Labute approximate surface area is 155 Å². The summed E-state index contributed by atoms with van der Waals surface area (Å²) in [5, 5.41) is 23.3. The number of nitro groups is 1. The maximum atomic E-state index is 12.9. The van der Waals surface area contributed by atoms with Crippen molar-refractivity contribution in [2.45, 2.75) is 32.4 Å². The Kier molecular flexibility index (Phi) is 5.79. The van der Waals surface area contributed by atoms with E-state index in [9.17, 15) is 29.6 Å². The molecule has 0 aromatic heterocycles. The van der Waals surface area contributed by atoms with E-state index in [0.29, 0.717) is 6.54 Å². The summed E-state index contributed by atoms with van der Waals surface area (Å²) in [7, 11) is 0. The number of nitrogens with zero attached hydrogens (tertiary/aromatic N) is 2. The molecule has 0 bridgehead atoms. The van der Waals surface area contributed by atoms with E-state index in [0.717, 1.165) is 23.1 Å². The first-order valence-electron chi connectivity index (χ1n) is 8.27. The molecule has 1 aromatic rings. The minimum atomic E-state index is -1.18. The molecule has 0 spiro atoms. The monoisotopic (exact) mass is 379 g/mol. The fourth-order valence-corrected chi connectivity index (χ4v) is 2.66. The summed E-state index contributed by atoms with van der Waals surface area (Å²) in [6, 6.07) is 2.12. The van der Waals surface area contributed by atoms with Gasteiger partial charge in [0.15, 0.2) is 0 Å². The van der Waals surface area contributed by atoms with Crippen molar-refractivity contribution in [1.29, 1.82) is 0 Å². The number of esters is 1. The van der Waals surface area contributed by atoms with Gasteiger partial charge in [-0.15, -0.1) is 0 Å². The lowest BCUT2D eigenvalue weighted by Crippen LogP contribution is -2.57. The Morgan fingerprint density at radius 3 is 2.52 bits per heavy atom. The third-order valence-electron chi connectivity index (χ3n) is 3.85. The highest BCUT2D eigenvalue weighted by atomic mass is 16.6. The Bertz CT molecular complexity index is 785. The van der Waals surface area contributed by atoms with Crippen molar-refractivity contribution in [1.82, 2.24) is 10.2 Å². The van der Waals surface area contributed by atoms with Crippen LogP contribution >= 0.6 is 0 Å². The first-order valence-corrected chi connectivity index (χ1v) is 8.27. The number of piperazine rings is 1. The molecule has 1 heterocycles. The average Bonchev–Trinajstić information content (AvgIpc) is 2.59. The van der Waals surface area contributed by atoms with Gasteiger partial charge in [0.2, 0.25) is 0 Å². The van der Waals surface area contributed by atoms with Crippen molar-refractivity contribution in [3.8, 4) is 0 Å². The number of rotatable bonds is 4. The Hall–Kier alpha value is -3.01. The minimum Gasteiger partial charge on any atom is -0.480 e. The van der Waals surface area contributed by atoms with Crippen LogP contribution in [0.5, 0.6) is 0 Å². The van der Waals surface area contributed by atoms with Crippen molar-refractivity contribution >= 4 is 23.5 Å². The molecular formula is C17H21N3O7. The molecule has 0 saturated carbocycles. The number of carboxylic acid groups (broad SMARTS) is 1. The van der Waals surface area contributed by atoms with Gasteiger partial charge in [-0.2, -0.15) is 0 Å². The summed E-state index contributed by atoms with van der Waals surface area (Å²) in [6.07, 6.45) is 0. The van der Waals surface area contributed by atoms with Crippen molar-refractivity contribution in [2.75, 3.05) is 19.6 Å². The molecule has 1 fully saturated rings. The fourth-order valence-electron chi connectivity index (χ4n) is 2.66. The highest BCUT2D eigenvalue weighted by molar-refractivity contribution is 6.06. The third kappa shape index (κ3) is 4.79. The maximum Gasteiger partial charge on any atom is 0.339 e. The predicted molar refractivity (Wildman–Crippen MR) is 93.6 cm³/mol. The summed E-state index contributed by atoms with van der Waals surface area (Å²) in [5.74, 6) is -2.77. The van der Waals surface area contributed by atoms with Gasteiger partial charge in [0.05, 0.1) is 16.1 Å². The number of carboxylic acids is 1. The molecule has 1 aliphatic heterocycles. The van der Waals surface area contributed by atoms with E-state index in [1.807, 2.05) is 0 Å². The van der Waals surface area contributed by atoms with Gasteiger partial charge in [-0.05, 0) is 26.8 Å². The first kappa shape index (κ1) is 20.3. The zero-order valence-electron chi connectivity index (χ0n) is 15.2. The first-order chi connectivity index (χ1) is 12.5. The van der Waals surface area contributed by atoms with Crippen LogP contribution in [0.4, 0.5) is 5.69 Å². The van der Waals surface area contributed by atoms with E-state index in [4.69, 9.17) is 4.74 Å². The summed E-state index contributed by atoms with van der Waals surface area (Å²) >= 11 is 0. The van der Waals surface area contributed by atoms with E-state index in [1.165, 1.54) is 0 Å². The SMILES string of the molecule is CC(C)(C)OC(=O)c1cc([N+](=O)[O-])ccc1C(=O)N1CCNCC1C(=O)O. The molecule has 10 nitrogen and oxygen atoms in total. The highest BCUT2D eigenvalue weighted by Crippen LogP contribution is 2.23. The average molecular weight is 379 g/mol. The van der Waals surface area contributed by atoms with Crippen molar-refractivity contribution in [2.24, 2.45) is 0 Å². The van der Waals surface area contributed by atoms with Gasteiger partial charge in [0.25, 0.3) is 11.6 Å². The number of benzene rings is 1. The second-order valence-electron chi connectivity index (χ2n) is 7.05. The molecule has 2 N–H and O–H groups in total. The number of hydrogen-bond acceptors (Lipinski definition) is 7. The van der Waals surface area contributed by atoms with Gasteiger partial charge in [-0.25, -0.2) is 9.59 Å². The quantitative estimate of drug-likeness (QED) is 0.449.